The zero-order chi connectivity index (χ0) is 18.4. The standard InChI is InChI=1S/C20H20N2O4/c1-2-3-11-25-20-14(7-6-10-21-20)13-22-19(24)18-12-16(23)15-8-4-5-9-17(15)26-18/h4-10,12H,2-3,11,13H2,1H3,(H,22,24). The summed E-state index contributed by atoms with van der Waals surface area (Å²) in [4.78, 5) is 28.7. The molecule has 0 aliphatic carbocycles. The van der Waals surface area contributed by atoms with Crippen molar-refractivity contribution in [3.63, 3.8) is 0 Å². The van der Waals surface area contributed by atoms with Crippen molar-refractivity contribution in [2.24, 2.45) is 0 Å². The number of nitrogens with one attached hydrogen (secondary N) is 1. The van der Waals surface area contributed by atoms with Crippen LogP contribution in [-0.4, -0.2) is 17.5 Å². The third-order valence-electron chi connectivity index (χ3n) is 3.88. The maximum atomic E-state index is 12.4. The molecule has 0 unspecified atom stereocenters. The average Bonchev–Trinajstić information content (AvgIpc) is 2.67. The Kier molecular flexibility index (Phi) is 5.63. The summed E-state index contributed by atoms with van der Waals surface area (Å²) in [7, 11) is 0. The number of ether oxygens (including phenoxy) is 1. The van der Waals surface area contributed by atoms with Gasteiger partial charge in [0.05, 0.1) is 12.0 Å². The number of hydrogen-bond donors (Lipinski definition) is 1. The molecule has 26 heavy (non-hydrogen) atoms. The van der Waals surface area contributed by atoms with Gasteiger partial charge in [0.2, 0.25) is 5.88 Å². The lowest BCUT2D eigenvalue weighted by molar-refractivity contribution is 0.0923. The summed E-state index contributed by atoms with van der Waals surface area (Å²) in [5, 5.41) is 3.19. The van der Waals surface area contributed by atoms with Crippen LogP contribution in [0.25, 0.3) is 11.0 Å². The van der Waals surface area contributed by atoms with Gasteiger partial charge in [0.1, 0.15) is 5.58 Å². The maximum Gasteiger partial charge on any atom is 0.287 e. The van der Waals surface area contributed by atoms with E-state index in [1.54, 1.807) is 36.5 Å². The molecule has 0 saturated heterocycles. The van der Waals surface area contributed by atoms with Crippen molar-refractivity contribution in [3.8, 4) is 5.88 Å². The number of carbonyl (C=O) groups is 1. The van der Waals surface area contributed by atoms with E-state index in [-0.39, 0.29) is 17.7 Å². The second kappa shape index (κ2) is 8.29. The van der Waals surface area contributed by atoms with E-state index < -0.39 is 5.91 Å². The van der Waals surface area contributed by atoms with Crippen molar-refractivity contribution in [1.82, 2.24) is 10.3 Å². The molecule has 0 aliphatic heterocycles. The molecule has 134 valence electrons. The van der Waals surface area contributed by atoms with Crippen LogP contribution in [0.2, 0.25) is 0 Å². The van der Waals surface area contributed by atoms with E-state index in [0.717, 1.165) is 18.4 Å². The molecule has 6 nitrogen and oxygen atoms in total. The molecule has 0 saturated carbocycles. The molecule has 0 aliphatic rings. The summed E-state index contributed by atoms with van der Waals surface area (Å²) < 4.78 is 11.2. The van der Waals surface area contributed by atoms with Gasteiger partial charge in [-0.25, -0.2) is 4.98 Å². The lowest BCUT2D eigenvalue weighted by Gasteiger charge is -2.10. The highest BCUT2D eigenvalue weighted by molar-refractivity contribution is 5.93. The van der Waals surface area contributed by atoms with Crippen LogP contribution in [0.15, 0.2) is 57.9 Å². The zero-order valence-corrected chi connectivity index (χ0v) is 14.5. The molecule has 0 radical (unpaired) electrons. The van der Waals surface area contributed by atoms with Gasteiger partial charge in [-0.2, -0.15) is 0 Å². The first-order valence-corrected chi connectivity index (χ1v) is 8.57. The number of benzene rings is 1. The number of fused-ring (bicyclic) bond motifs is 1. The zero-order valence-electron chi connectivity index (χ0n) is 14.5. The van der Waals surface area contributed by atoms with Crippen LogP contribution >= 0.6 is 0 Å². The van der Waals surface area contributed by atoms with E-state index in [0.29, 0.717) is 23.5 Å². The molecule has 6 heteroatoms. The fourth-order valence-electron chi connectivity index (χ4n) is 2.48. The van der Waals surface area contributed by atoms with E-state index in [9.17, 15) is 9.59 Å². The van der Waals surface area contributed by atoms with Crippen molar-refractivity contribution >= 4 is 16.9 Å². The molecule has 0 fully saturated rings. The topological polar surface area (TPSA) is 81.4 Å². The molecular formula is C20H20N2O4. The average molecular weight is 352 g/mol. The maximum absolute atomic E-state index is 12.4. The van der Waals surface area contributed by atoms with Crippen molar-refractivity contribution in [3.05, 3.63) is 70.2 Å². The first-order valence-electron chi connectivity index (χ1n) is 8.57. The molecule has 1 amide bonds. The van der Waals surface area contributed by atoms with E-state index in [1.807, 2.05) is 6.07 Å². The first kappa shape index (κ1) is 17.7. The minimum absolute atomic E-state index is 0.0222. The number of para-hydroxylation sites is 1. The summed E-state index contributed by atoms with van der Waals surface area (Å²) >= 11 is 0. The normalized spacial score (nSPS) is 10.7. The fourth-order valence-corrected chi connectivity index (χ4v) is 2.48. The number of amides is 1. The predicted molar refractivity (Wildman–Crippen MR) is 98.3 cm³/mol. The van der Waals surface area contributed by atoms with Gasteiger partial charge < -0.3 is 14.5 Å². The van der Waals surface area contributed by atoms with Gasteiger partial charge in [0.15, 0.2) is 11.2 Å². The minimum atomic E-state index is -0.462. The number of carbonyl (C=O) groups excluding carboxylic acids is 1. The van der Waals surface area contributed by atoms with Gasteiger partial charge in [0.25, 0.3) is 5.91 Å². The summed E-state index contributed by atoms with van der Waals surface area (Å²) in [6, 6.07) is 11.7. The van der Waals surface area contributed by atoms with E-state index in [1.165, 1.54) is 6.07 Å². The lowest BCUT2D eigenvalue weighted by Crippen LogP contribution is -2.24. The van der Waals surface area contributed by atoms with E-state index in [2.05, 4.69) is 17.2 Å². The Morgan fingerprint density at radius 1 is 1.23 bits per heavy atom. The van der Waals surface area contributed by atoms with Crippen LogP contribution in [0.1, 0.15) is 35.9 Å². The molecule has 2 aromatic heterocycles. The Morgan fingerprint density at radius 2 is 2.08 bits per heavy atom. The number of nitrogens with zero attached hydrogens (tertiary/aromatic N) is 1. The van der Waals surface area contributed by atoms with Crippen LogP contribution in [-0.2, 0) is 6.54 Å². The van der Waals surface area contributed by atoms with Gasteiger partial charge >= 0.3 is 0 Å². The van der Waals surface area contributed by atoms with E-state index in [4.69, 9.17) is 9.15 Å². The summed E-state index contributed by atoms with van der Waals surface area (Å²) in [5.41, 5.74) is 0.900. The van der Waals surface area contributed by atoms with Gasteiger partial charge in [-0.3, -0.25) is 9.59 Å². The van der Waals surface area contributed by atoms with Crippen LogP contribution in [0.3, 0.4) is 0 Å². The molecular weight excluding hydrogens is 332 g/mol. The van der Waals surface area contributed by atoms with Crippen LogP contribution < -0.4 is 15.5 Å². The lowest BCUT2D eigenvalue weighted by atomic mass is 10.2. The molecule has 2 heterocycles. The summed E-state index contributed by atoms with van der Waals surface area (Å²) in [6.07, 6.45) is 3.61. The van der Waals surface area contributed by atoms with Crippen molar-refractivity contribution in [2.75, 3.05) is 6.61 Å². The van der Waals surface area contributed by atoms with Crippen molar-refractivity contribution in [2.45, 2.75) is 26.3 Å². The van der Waals surface area contributed by atoms with E-state index >= 15 is 0 Å². The van der Waals surface area contributed by atoms with Crippen molar-refractivity contribution < 1.29 is 13.9 Å². The second-order valence-corrected chi connectivity index (χ2v) is 5.82. The molecule has 3 aromatic rings. The number of unbranched alkanes of at least 4 members (excludes halogenated alkanes) is 1. The molecule has 0 bridgehead atoms. The Bertz CT molecular complexity index is 965. The SMILES string of the molecule is CCCCOc1ncccc1CNC(=O)c1cc(=O)c2ccccc2o1. The third kappa shape index (κ3) is 4.08. The van der Waals surface area contributed by atoms with Gasteiger partial charge in [-0.15, -0.1) is 0 Å². The Labute approximate surface area is 150 Å². The van der Waals surface area contributed by atoms with Crippen LogP contribution in [0.4, 0.5) is 0 Å². The predicted octanol–water partition coefficient (Wildman–Crippen LogP) is 3.30. The van der Waals surface area contributed by atoms with Crippen LogP contribution in [0, 0.1) is 0 Å². The summed E-state index contributed by atoms with van der Waals surface area (Å²) in [6.45, 7) is 2.89. The highest BCUT2D eigenvalue weighted by Crippen LogP contribution is 2.15. The Morgan fingerprint density at radius 3 is 2.92 bits per heavy atom. The first-order chi connectivity index (χ1) is 12.7. The molecule has 1 N–H and O–H groups in total. The third-order valence-corrected chi connectivity index (χ3v) is 3.88. The van der Waals surface area contributed by atoms with Crippen LogP contribution in [0.5, 0.6) is 5.88 Å². The molecule has 0 atom stereocenters. The van der Waals surface area contributed by atoms with Gasteiger partial charge in [-0.1, -0.05) is 31.5 Å². The van der Waals surface area contributed by atoms with Gasteiger partial charge in [0, 0.05) is 24.4 Å². The Balaban J connectivity index is 1.72. The van der Waals surface area contributed by atoms with Gasteiger partial charge in [-0.05, 0) is 24.6 Å². The largest absolute Gasteiger partial charge is 0.477 e. The highest BCUT2D eigenvalue weighted by atomic mass is 16.5. The molecule has 1 aromatic carbocycles. The fraction of sp³-hybridized carbons (Fsp3) is 0.250. The second-order valence-electron chi connectivity index (χ2n) is 5.82. The number of hydrogen-bond acceptors (Lipinski definition) is 5. The summed E-state index contributed by atoms with van der Waals surface area (Å²) in [5.74, 6) is 0.0171. The Hall–Kier alpha value is -3.15. The molecule has 0 spiro atoms. The number of aromatic nitrogens is 1. The van der Waals surface area contributed by atoms with Crippen molar-refractivity contribution in [1.29, 1.82) is 0 Å². The molecule has 3 rings (SSSR count). The number of pyridine rings is 1. The highest BCUT2D eigenvalue weighted by Gasteiger charge is 2.13. The minimum Gasteiger partial charge on any atom is -0.477 e. The monoisotopic (exact) mass is 352 g/mol. The quantitative estimate of drug-likeness (QED) is 0.660. The smallest absolute Gasteiger partial charge is 0.287 e. The number of rotatable bonds is 7.